The number of carbonyl (C=O) groups excluding carboxylic acids is 1. The van der Waals surface area contributed by atoms with Gasteiger partial charge in [-0.25, -0.2) is 0 Å². The predicted molar refractivity (Wildman–Crippen MR) is 76.2 cm³/mol. The summed E-state index contributed by atoms with van der Waals surface area (Å²) in [7, 11) is 0. The predicted octanol–water partition coefficient (Wildman–Crippen LogP) is 5.22. The van der Waals surface area contributed by atoms with E-state index in [1.54, 1.807) is 0 Å². The minimum atomic E-state index is 0.641. The molecule has 0 rings (SSSR count). The van der Waals surface area contributed by atoms with Crippen LogP contribution < -0.4 is 0 Å². The third kappa shape index (κ3) is 15.1. The quantitative estimate of drug-likeness (QED) is 0.258. The highest BCUT2D eigenvalue weighted by Crippen LogP contribution is 2.08. The van der Waals surface area contributed by atoms with Gasteiger partial charge in [-0.05, 0) is 19.3 Å². The second-order valence-electron chi connectivity index (χ2n) is 4.51. The standard InChI is InChI=1S/C16H28O/c1-2-3-4-5-6-7-8-9-10-11-12-13-14-15-16-17/h10-13,16H,2-9,14-15H2,1H3. The third-order valence-corrected chi connectivity index (χ3v) is 2.81. The summed E-state index contributed by atoms with van der Waals surface area (Å²) in [6.45, 7) is 2.26. The number of aldehydes is 1. The SMILES string of the molecule is CCCCCCCCCC=CC=CCCC=O. The number of hydrogen-bond acceptors (Lipinski definition) is 1. The van der Waals surface area contributed by atoms with Gasteiger partial charge in [-0.2, -0.15) is 0 Å². The lowest BCUT2D eigenvalue weighted by molar-refractivity contribution is -0.107. The topological polar surface area (TPSA) is 17.1 Å². The number of hydrogen-bond donors (Lipinski definition) is 0. The van der Waals surface area contributed by atoms with E-state index in [1.165, 1.54) is 51.4 Å². The first-order chi connectivity index (χ1) is 8.41. The maximum absolute atomic E-state index is 10.1. The highest BCUT2D eigenvalue weighted by molar-refractivity contribution is 5.49. The molecule has 0 aromatic heterocycles. The lowest BCUT2D eigenvalue weighted by Gasteiger charge is -1.98. The molecule has 0 N–H and O–H groups in total. The summed E-state index contributed by atoms with van der Waals surface area (Å²) in [5.74, 6) is 0. The van der Waals surface area contributed by atoms with E-state index in [9.17, 15) is 4.79 Å². The Morgan fingerprint density at radius 3 is 1.94 bits per heavy atom. The van der Waals surface area contributed by atoms with Crippen LogP contribution in [0.5, 0.6) is 0 Å². The second-order valence-corrected chi connectivity index (χ2v) is 4.51. The first kappa shape index (κ1) is 16.1. The van der Waals surface area contributed by atoms with Gasteiger partial charge in [0.25, 0.3) is 0 Å². The summed E-state index contributed by atoms with van der Waals surface area (Å²) < 4.78 is 0. The van der Waals surface area contributed by atoms with Crippen LogP contribution in [-0.4, -0.2) is 6.29 Å². The number of carbonyl (C=O) groups is 1. The molecule has 0 aliphatic carbocycles. The zero-order valence-electron chi connectivity index (χ0n) is 11.4. The van der Waals surface area contributed by atoms with Gasteiger partial charge in [0.2, 0.25) is 0 Å². The van der Waals surface area contributed by atoms with Crippen LogP contribution in [0.15, 0.2) is 24.3 Å². The van der Waals surface area contributed by atoms with Gasteiger partial charge in [-0.1, -0.05) is 69.8 Å². The van der Waals surface area contributed by atoms with Crippen molar-refractivity contribution in [3.63, 3.8) is 0 Å². The van der Waals surface area contributed by atoms with Gasteiger partial charge in [0.1, 0.15) is 6.29 Å². The van der Waals surface area contributed by atoms with Crippen molar-refractivity contribution in [3.05, 3.63) is 24.3 Å². The van der Waals surface area contributed by atoms with Crippen molar-refractivity contribution < 1.29 is 4.79 Å². The fraction of sp³-hybridized carbons (Fsp3) is 0.688. The molecule has 0 saturated carbocycles. The maximum Gasteiger partial charge on any atom is 0.120 e. The molecule has 0 atom stereocenters. The lowest BCUT2D eigenvalue weighted by atomic mass is 10.1. The Bertz CT molecular complexity index is 204. The molecule has 0 spiro atoms. The third-order valence-electron chi connectivity index (χ3n) is 2.81. The Morgan fingerprint density at radius 1 is 0.706 bits per heavy atom. The summed E-state index contributed by atoms with van der Waals surface area (Å²) in [5.41, 5.74) is 0. The Kier molecular flexibility index (Phi) is 14.4. The number of allylic oxidation sites excluding steroid dienone is 4. The van der Waals surface area contributed by atoms with Crippen LogP contribution in [0.2, 0.25) is 0 Å². The van der Waals surface area contributed by atoms with E-state index >= 15 is 0 Å². The van der Waals surface area contributed by atoms with Crippen molar-refractivity contribution in [2.24, 2.45) is 0 Å². The Labute approximate surface area is 107 Å². The van der Waals surface area contributed by atoms with Gasteiger partial charge >= 0.3 is 0 Å². The molecule has 1 nitrogen and oxygen atoms in total. The summed E-state index contributed by atoms with van der Waals surface area (Å²) in [6.07, 6.45) is 21.7. The van der Waals surface area contributed by atoms with E-state index in [4.69, 9.17) is 0 Å². The minimum absolute atomic E-state index is 0.641. The molecule has 17 heavy (non-hydrogen) atoms. The van der Waals surface area contributed by atoms with Crippen molar-refractivity contribution in [1.82, 2.24) is 0 Å². The van der Waals surface area contributed by atoms with Crippen LogP contribution in [0.1, 0.15) is 71.1 Å². The summed E-state index contributed by atoms with van der Waals surface area (Å²) in [5, 5.41) is 0. The lowest BCUT2D eigenvalue weighted by Crippen LogP contribution is -1.78. The highest BCUT2D eigenvalue weighted by Gasteiger charge is 1.88. The van der Waals surface area contributed by atoms with Gasteiger partial charge in [0.15, 0.2) is 0 Å². The first-order valence-electron chi connectivity index (χ1n) is 7.17. The monoisotopic (exact) mass is 236 g/mol. The summed E-state index contributed by atoms with van der Waals surface area (Å²) >= 11 is 0. The molecule has 0 heterocycles. The van der Waals surface area contributed by atoms with Gasteiger partial charge < -0.3 is 4.79 Å². The molecule has 0 amide bonds. The Morgan fingerprint density at radius 2 is 1.29 bits per heavy atom. The van der Waals surface area contributed by atoms with Crippen LogP contribution in [0, 0.1) is 0 Å². The maximum atomic E-state index is 10.1. The molecule has 1 heteroatoms. The van der Waals surface area contributed by atoms with Crippen LogP contribution in [0.3, 0.4) is 0 Å². The summed E-state index contributed by atoms with van der Waals surface area (Å²) in [4.78, 5) is 10.1. The molecule has 0 aromatic rings. The van der Waals surface area contributed by atoms with Gasteiger partial charge in [-0.3, -0.25) is 0 Å². The molecule has 0 aliphatic heterocycles. The van der Waals surface area contributed by atoms with Crippen molar-refractivity contribution >= 4 is 6.29 Å². The fourth-order valence-electron chi connectivity index (χ4n) is 1.73. The normalized spacial score (nSPS) is 11.6. The largest absolute Gasteiger partial charge is 0.303 e. The molecule has 0 radical (unpaired) electrons. The Balaban J connectivity index is 3.13. The van der Waals surface area contributed by atoms with E-state index in [-0.39, 0.29) is 0 Å². The Hall–Kier alpha value is -0.850. The smallest absolute Gasteiger partial charge is 0.120 e. The molecule has 0 aromatic carbocycles. The van der Waals surface area contributed by atoms with E-state index < -0.39 is 0 Å². The minimum Gasteiger partial charge on any atom is -0.303 e. The van der Waals surface area contributed by atoms with Crippen molar-refractivity contribution in [2.45, 2.75) is 71.1 Å². The molecular weight excluding hydrogens is 208 g/mol. The van der Waals surface area contributed by atoms with Crippen molar-refractivity contribution in [1.29, 1.82) is 0 Å². The average molecular weight is 236 g/mol. The average Bonchev–Trinajstić information content (AvgIpc) is 2.35. The second kappa shape index (κ2) is 15.1. The molecule has 0 fully saturated rings. The van der Waals surface area contributed by atoms with E-state index in [2.05, 4.69) is 25.2 Å². The van der Waals surface area contributed by atoms with Crippen LogP contribution in [0.4, 0.5) is 0 Å². The van der Waals surface area contributed by atoms with Crippen molar-refractivity contribution in [2.75, 3.05) is 0 Å². The van der Waals surface area contributed by atoms with Crippen LogP contribution in [0.25, 0.3) is 0 Å². The summed E-state index contributed by atoms with van der Waals surface area (Å²) in [6, 6.07) is 0. The molecule has 0 bridgehead atoms. The van der Waals surface area contributed by atoms with Crippen LogP contribution >= 0.6 is 0 Å². The highest BCUT2D eigenvalue weighted by atomic mass is 16.1. The van der Waals surface area contributed by atoms with E-state index in [0.29, 0.717) is 6.42 Å². The molecule has 98 valence electrons. The zero-order valence-corrected chi connectivity index (χ0v) is 11.4. The van der Waals surface area contributed by atoms with Crippen LogP contribution in [-0.2, 0) is 4.79 Å². The van der Waals surface area contributed by atoms with Gasteiger partial charge in [-0.15, -0.1) is 0 Å². The van der Waals surface area contributed by atoms with E-state index in [1.807, 2.05) is 6.08 Å². The molecule has 0 unspecified atom stereocenters. The number of unbranched alkanes of at least 4 members (excludes halogenated alkanes) is 8. The zero-order chi connectivity index (χ0) is 12.6. The molecule has 0 aliphatic rings. The molecule has 0 saturated heterocycles. The van der Waals surface area contributed by atoms with Gasteiger partial charge in [0, 0.05) is 6.42 Å². The molecular formula is C16H28O. The fourth-order valence-corrected chi connectivity index (χ4v) is 1.73. The first-order valence-corrected chi connectivity index (χ1v) is 7.17. The van der Waals surface area contributed by atoms with Crippen molar-refractivity contribution in [3.8, 4) is 0 Å². The number of rotatable bonds is 12. The van der Waals surface area contributed by atoms with E-state index in [0.717, 1.165) is 12.7 Å². The van der Waals surface area contributed by atoms with Gasteiger partial charge in [0.05, 0.1) is 0 Å².